The number of hydrogen-bond acceptors (Lipinski definition) is 2. The quantitative estimate of drug-likeness (QED) is 0.810. The molecule has 3 rings (SSSR count). The van der Waals surface area contributed by atoms with Crippen LogP contribution in [0.1, 0.15) is 30.5 Å². The Labute approximate surface area is 146 Å². The smallest absolute Gasteiger partial charge is 0.387 e. The van der Waals surface area contributed by atoms with E-state index in [4.69, 9.17) is 0 Å². The number of carbonyl (C=O) groups excluding carboxylic acids is 1. The van der Waals surface area contributed by atoms with Crippen LogP contribution in [0.25, 0.3) is 0 Å². The van der Waals surface area contributed by atoms with E-state index in [0.717, 1.165) is 17.5 Å². The molecule has 0 saturated heterocycles. The van der Waals surface area contributed by atoms with Gasteiger partial charge in [-0.1, -0.05) is 49.4 Å². The number of ether oxygens (including phenoxy) is 1. The molecule has 1 aliphatic carbocycles. The van der Waals surface area contributed by atoms with Gasteiger partial charge in [0.25, 0.3) is 0 Å². The van der Waals surface area contributed by atoms with Crippen molar-refractivity contribution in [2.75, 3.05) is 0 Å². The third-order valence-electron chi connectivity index (χ3n) is 4.59. The van der Waals surface area contributed by atoms with E-state index < -0.39 is 6.61 Å². The fourth-order valence-electron chi connectivity index (χ4n) is 3.11. The van der Waals surface area contributed by atoms with Crippen molar-refractivity contribution in [3.05, 3.63) is 65.7 Å². The second kappa shape index (κ2) is 7.64. The second-order valence-electron chi connectivity index (χ2n) is 6.53. The van der Waals surface area contributed by atoms with Crippen LogP contribution < -0.4 is 10.1 Å². The summed E-state index contributed by atoms with van der Waals surface area (Å²) in [4.78, 5) is 12.4. The SMILES string of the molecule is CC1CC1C(NC(=O)Cc1ccc(OC(F)F)cc1)c1ccccc1. The summed E-state index contributed by atoms with van der Waals surface area (Å²) in [5.41, 5.74) is 1.88. The van der Waals surface area contributed by atoms with E-state index in [1.54, 1.807) is 12.1 Å². The maximum atomic E-state index is 12.4. The van der Waals surface area contributed by atoms with Gasteiger partial charge in [-0.3, -0.25) is 4.79 Å². The summed E-state index contributed by atoms with van der Waals surface area (Å²) >= 11 is 0. The van der Waals surface area contributed by atoms with Crippen LogP contribution in [0.2, 0.25) is 0 Å². The standard InChI is InChI=1S/C20H21F2NO2/c1-13-11-17(13)19(15-5-3-2-4-6-15)23-18(24)12-14-7-9-16(10-8-14)25-20(21)22/h2-10,13,17,19-20H,11-12H2,1H3,(H,23,24). The molecule has 0 bridgehead atoms. The van der Waals surface area contributed by atoms with Crippen LogP contribution in [0.3, 0.4) is 0 Å². The molecule has 3 atom stereocenters. The highest BCUT2D eigenvalue weighted by molar-refractivity contribution is 5.79. The average Bonchev–Trinajstić information content (AvgIpc) is 3.31. The molecule has 1 aliphatic rings. The van der Waals surface area contributed by atoms with Crippen molar-refractivity contribution in [1.82, 2.24) is 5.32 Å². The lowest BCUT2D eigenvalue weighted by molar-refractivity contribution is -0.121. The van der Waals surface area contributed by atoms with Crippen LogP contribution in [-0.4, -0.2) is 12.5 Å². The fraction of sp³-hybridized carbons (Fsp3) is 0.350. The monoisotopic (exact) mass is 345 g/mol. The lowest BCUT2D eigenvalue weighted by atomic mass is 10.0. The molecule has 2 aromatic rings. The molecule has 5 heteroatoms. The highest BCUT2D eigenvalue weighted by Gasteiger charge is 2.40. The van der Waals surface area contributed by atoms with Crippen molar-refractivity contribution in [2.45, 2.75) is 32.4 Å². The number of nitrogens with one attached hydrogen (secondary N) is 1. The molecule has 0 aromatic heterocycles. The Morgan fingerprint density at radius 1 is 1.16 bits per heavy atom. The van der Waals surface area contributed by atoms with Crippen LogP contribution >= 0.6 is 0 Å². The topological polar surface area (TPSA) is 38.3 Å². The molecule has 25 heavy (non-hydrogen) atoms. The molecule has 0 radical (unpaired) electrons. The molecule has 132 valence electrons. The molecule has 2 aromatic carbocycles. The van der Waals surface area contributed by atoms with E-state index >= 15 is 0 Å². The van der Waals surface area contributed by atoms with Gasteiger partial charge in [0.1, 0.15) is 5.75 Å². The van der Waals surface area contributed by atoms with Gasteiger partial charge in [-0.05, 0) is 41.5 Å². The van der Waals surface area contributed by atoms with Gasteiger partial charge in [0.15, 0.2) is 0 Å². The van der Waals surface area contributed by atoms with Gasteiger partial charge in [-0.25, -0.2) is 0 Å². The molecule has 1 saturated carbocycles. The highest BCUT2D eigenvalue weighted by Crippen LogP contribution is 2.46. The first-order valence-electron chi connectivity index (χ1n) is 8.41. The minimum absolute atomic E-state index is 0.0186. The molecule has 1 amide bonds. The number of carbonyl (C=O) groups is 1. The largest absolute Gasteiger partial charge is 0.435 e. The van der Waals surface area contributed by atoms with E-state index in [1.165, 1.54) is 12.1 Å². The Bertz CT molecular complexity index is 703. The van der Waals surface area contributed by atoms with Crippen molar-refractivity contribution >= 4 is 5.91 Å². The van der Waals surface area contributed by atoms with Crippen molar-refractivity contribution in [3.63, 3.8) is 0 Å². The summed E-state index contributed by atoms with van der Waals surface area (Å²) in [6.07, 6.45) is 1.32. The zero-order valence-corrected chi connectivity index (χ0v) is 14.0. The Morgan fingerprint density at radius 3 is 2.36 bits per heavy atom. The predicted molar refractivity (Wildman–Crippen MR) is 91.4 cm³/mol. The minimum atomic E-state index is -2.85. The predicted octanol–water partition coefficient (Wildman–Crippen LogP) is 4.34. The summed E-state index contributed by atoms with van der Waals surface area (Å²) in [5.74, 6) is 1.09. The van der Waals surface area contributed by atoms with Crippen LogP contribution in [-0.2, 0) is 11.2 Å². The molecule has 1 fully saturated rings. The lowest BCUT2D eigenvalue weighted by Crippen LogP contribution is -2.31. The van der Waals surface area contributed by atoms with E-state index in [1.807, 2.05) is 30.3 Å². The Morgan fingerprint density at radius 2 is 1.80 bits per heavy atom. The van der Waals surface area contributed by atoms with Crippen LogP contribution in [0.15, 0.2) is 54.6 Å². The lowest BCUT2D eigenvalue weighted by Gasteiger charge is -2.19. The Balaban J connectivity index is 1.62. The number of hydrogen-bond donors (Lipinski definition) is 1. The first kappa shape index (κ1) is 17.4. The molecule has 3 unspecified atom stereocenters. The fourth-order valence-corrected chi connectivity index (χ4v) is 3.11. The third kappa shape index (κ3) is 4.78. The minimum Gasteiger partial charge on any atom is -0.435 e. The number of rotatable bonds is 7. The van der Waals surface area contributed by atoms with E-state index in [9.17, 15) is 13.6 Å². The Kier molecular flexibility index (Phi) is 5.31. The third-order valence-corrected chi connectivity index (χ3v) is 4.59. The molecular formula is C20H21F2NO2. The molecule has 1 N–H and O–H groups in total. The number of halogens is 2. The van der Waals surface area contributed by atoms with Crippen LogP contribution in [0.5, 0.6) is 5.75 Å². The van der Waals surface area contributed by atoms with Crippen molar-refractivity contribution in [3.8, 4) is 5.75 Å². The molecule has 3 nitrogen and oxygen atoms in total. The normalized spacial score (nSPS) is 20.2. The average molecular weight is 345 g/mol. The summed E-state index contributed by atoms with van der Waals surface area (Å²) in [6.45, 7) is -0.657. The molecule has 0 spiro atoms. The highest BCUT2D eigenvalue weighted by atomic mass is 19.3. The van der Waals surface area contributed by atoms with E-state index in [2.05, 4.69) is 17.0 Å². The first-order chi connectivity index (χ1) is 12.0. The van der Waals surface area contributed by atoms with Gasteiger partial charge in [0, 0.05) is 0 Å². The molecule has 0 aliphatic heterocycles. The molecule has 0 heterocycles. The van der Waals surface area contributed by atoms with Gasteiger partial charge in [-0.15, -0.1) is 0 Å². The number of alkyl halides is 2. The van der Waals surface area contributed by atoms with Crippen LogP contribution in [0, 0.1) is 11.8 Å². The summed E-state index contributed by atoms with van der Waals surface area (Å²) in [7, 11) is 0. The van der Waals surface area contributed by atoms with Gasteiger partial charge < -0.3 is 10.1 Å². The zero-order valence-electron chi connectivity index (χ0n) is 14.0. The Hall–Kier alpha value is -2.43. The summed E-state index contributed by atoms with van der Waals surface area (Å²) in [5, 5.41) is 3.13. The maximum Gasteiger partial charge on any atom is 0.387 e. The van der Waals surface area contributed by atoms with Crippen molar-refractivity contribution in [1.29, 1.82) is 0 Å². The van der Waals surface area contributed by atoms with Crippen LogP contribution in [0.4, 0.5) is 8.78 Å². The second-order valence-corrected chi connectivity index (χ2v) is 6.53. The summed E-state index contributed by atoms with van der Waals surface area (Å²) in [6, 6.07) is 16.2. The van der Waals surface area contributed by atoms with Crippen molar-refractivity contribution in [2.24, 2.45) is 11.8 Å². The zero-order chi connectivity index (χ0) is 17.8. The van der Waals surface area contributed by atoms with Crippen molar-refractivity contribution < 1.29 is 18.3 Å². The maximum absolute atomic E-state index is 12.4. The van der Waals surface area contributed by atoms with Gasteiger partial charge in [0.05, 0.1) is 12.5 Å². The van der Waals surface area contributed by atoms with Gasteiger partial charge in [-0.2, -0.15) is 8.78 Å². The van der Waals surface area contributed by atoms with E-state index in [0.29, 0.717) is 11.8 Å². The number of benzene rings is 2. The van der Waals surface area contributed by atoms with Gasteiger partial charge in [0.2, 0.25) is 5.91 Å². The van der Waals surface area contributed by atoms with Gasteiger partial charge >= 0.3 is 6.61 Å². The summed E-state index contributed by atoms with van der Waals surface area (Å²) < 4.78 is 28.6. The number of amides is 1. The first-order valence-corrected chi connectivity index (χ1v) is 8.41. The molecular weight excluding hydrogens is 324 g/mol. The van der Waals surface area contributed by atoms with E-state index in [-0.39, 0.29) is 24.1 Å².